The number of carbonyl (C=O) groups excluding carboxylic acids is 1. The second-order valence-electron chi connectivity index (χ2n) is 6.71. The van der Waals surface area contributed by atoms with E-state index in [-0.39, 0.29) is 23.3 Å². The number of nitrogens with zero attached hydrogens (tertiary/aromatic N) is 2. The van der Waals surface area contributed by atoms with E-state index in [1.807, 2.05) is 0 Å². The number of ether oxygens (including phenoxy) is 1. The number of rotatable bonds is 5. The highest BCUT2D eigenvalue weighted by atomic mass is 19.1. The zero-order chi connectivity index (χ0) is 18.0. The van der Waals surface area contributed by atoms with Crippen molar-refractivity contribution in [1.82, 2.24) is 9.80 Å². The summed E-state index contributed by atoms with van der Waals surface area (Å²) in [5.41, 5.74) is -0.257. The van der Waals surface area contributed by atoms with E-state index in [0.717, 1.165) is 32.1 Å². The maximum atomic E-state index is 14.3. The molecule has 2 atom stereocenters. The van der Waals surface area contributed by atoms with Crippen LogP contribution in [0.3, 0.4) is 0 Å². The van der Waals surface area contributed by atoms with Crippen molar-refractivity contribution < 1.29 is 23.8 Å². The van der Waals surface area contributed by atoms with Crippen molar-refractivity contribution in [2.75, 3.05) is 33.3 Å². The monoisotopic (exact) mass is 350 g/mol. The fraction of sp³-hybridized carbons (Fsp3) is 0.556. The number of carboxylic acid groups (broad SMARTS) is 1. The van der Waals surface area contributed by atoms with Crippen LogP contribution >= 0.6 is 0 Å². The number of halogens is 1. The molecule has 0 radical (unpaired) electrons. The minimum absolute atomic E-state index is 0.0194. The van der Waals surface area contributed by atoms with Gasteiger partial charge in [0.1, 0.15) is 5.82 Å². The van der Waals surface area contributed by atoms with Crippen LogP contribution in [-0.2, 0) is 4.74 Å². The molecule has 1 aromatic rings. The van der Waals surface area contributed by atoms with Crippen LogP contribution in [0.2, 0.25) is 0 Å². The van der Waals surface area contributed by atoms with Gasteiger partial charge in [-0.05, 0) is 50.6 Å². The van der Waals surface area contributed by atoms with Gasteiger partial charge in [-0.15, -0.1) is 0 Å². The first-order valence-electron chi connectivity index (χ1n) is 8.58. The number of hydrogen-bond donors (Lipinski definition) is 1. The fourth-order valence-electron chi connectivity index (χ4n) is 3.71. The Kier molecular flexibility index (Phi) is 5.34. The molecule has 25 heavy (non-hydrogen) atoms. The average Bonchev–Trinajstić information content (AvgIpc) is 3.24. The van der Waals surface area contributed by atoms with Crippen molar-refractivity contribution in [3.63, 3.8) is 0 Å². The molecule has 0 aromatic heterocycles. The topological polar surface area (TPSA) is 70.1 Å². The highest BCUT2D eigenvalue weighted by Crippen LogP contribution is 2.25. The normalized spacial score (nSPS) is 24.0. The Morgan fingerprint density at radius 1 is 1.32 bits per heavy atom. The molecule has 2 saturated heterocycles. The molecule has 1 amide bonds. The number of carbonyl (C=O) groups is 2. The average molecular weight is 350 g/mol. The van der Waals surface area contributed by atoms with E-state index < -0.39 is 17.7 Å². The van der Waals surface area contributed by atoms with Gasteiger partial charge >= 0.3 is 5.97 Å². The number of amides is 1. The lowest BCUT2D eigenvalue weighted by molar-refractivity contribution is 0.0660. The third kappa shape index (κ3) is 3.82. The summed E-state index contributed by atoms with van der Waals surface area (Å²) in [5.74, 6) is -2.42. The molecule has 0 bridgehead atoms. The van der Waals surface area contributed by atoms with Gasteiger partial charge < -0.3 is 19.6 Å². The second kappa shape index (κ2) is 7.49. The summed E-state index contributed by atoms with van der Waals surface area (Å²) in [7, 11) is 1.62. The summed E-state index contributed by atoms with van der Waals surface area (Å²) < 4.78 is 19.7. The Hall–Kier alpha value is -1.99. The molecule has 2 heterocycles. The standard InChI is InChI=1S/C18H23FN2O4/c1-25-14-9-13(10-20-6-2-3-7-20)21(11-14)17(22)15-5-4-12(18(23)24)8-16(15)19/h4-5,8,13-14H,2-3,6-7,9-11H2,1H3,(H,23,24)/t13-,14-/m1/s1. The predicted molar refractivity (Wildman–Crippen MR) is 89.3 cm³/mol. The van der Waals surface area contributed by atoms with Crippen LogP contribution in [0.25, 0.3) is 0 Å². The first-order chi connectivity index (χ1) is 12.0. The molecule has 0 saturated carbocycles. The third-order valence-electron chi connectivity index (χ3n) is 5.08. The Labute approximate surface area is 146 Å². The maximum Gasteiger partial charge on any atom is 0.335 e. The van der Waals surface area contributed by atoms with Crippen molar-refractivity contribution in [1.29, 1.82) is 0 Å². The smallest absolute Gasteiger partial charge is 0.335 e. The van der Waals surface area contributed by atoms with Crippen LogP contribution in [0, 0.1) is 5.82 Å². The Morgan fingerprint density at radius 2 is 2.04 bits per heavy atom. The highest BCUT2D eigenvalue weighted by molar-refractivity contribution is 5.96. The van der Waals surface area contributed by atoms with Crippen molar-refractivity contribution in [3.05, 3.63) is 35.1 Å². The highest BCUT2D eigenvalue weighted by Gasteiger charge is 2.37. The molecule has 2 fully saturated rings. The van der Waals surface area contributed by atoms with Crippen LogP contribution in [0.5, 0.6) is 0 Å². The van der Waals surface area contributed by atoms with Gasteiger partial charge in [-0.2, -0.15) is 0 Å². The van der Waals surface area contributed by atoms with Crippen LogP contribution in [0.15, 0.2) is 18.2 Å². The molecule has 1 aromatic carbocycles. The first-order valence-corrected chi connectivity index (χ1v) is 8.58. The fourth-order valence-corrected chi connectivity index (χ4v) is 3.71. The molecule has 136 valence electrons. The van der Waals surface area contributed by atoms with Crippen LogP contribution < -0.4 is 0 Å². The van der Waals surface area contributed by atoms with Gasteiger partial charge in [0, 0.05) is 26.2 Å². The summed E-state index contributed by atoms with van der Waals surface area (Å²) >= 11 is 0. The Bertz CT molecular complexity index is 660. The molecule has 0 unspecified atom stereocenters. The quantitative estimate of drug-likeness (QED) is 0.878. The van der Waals surface area contributed by atoms with E-state index in [4.69, 9.17) is 9.84 Å². The largest absolute Gasteiger partial charge is 0.478 e. The summed E-state index contributed by atoms with van der Waals surface area (Å²) in [6.07, 6.45) is 3.00. The third-order valence-corrected chi connectivity index (χ3v) is 5.08. The second-order valence-corrected chi connectivity index (χ2v) is 6.71. The minimum Gasteiger partial charge on any atom is -0.478 e. The molecule has 0 spiro atoms. The zero-order valence-corrected chi connectivity index (χ0v) is 14.3. The van der Waals surface area contributed by atoms with Gasteiger partial charge in [-0.25, -0.2) is 9.18 Å². The molecule has 3 rings (SSSR count). The van der Waals surface area contributed by atoms with Gasteiger partial charge in [-0.3, -0.25) is 4.79 Å². The summed E-state index contributed by atoms with van der Waals surface area (Å²) in [4.78, 5) is 27.8. The lowest BCUT2D eigenvalue weighted by Crippen LogP contribution is -2.43. The van der Waals surface area contributed by atoms with Gasteiger partial charge in [0.25, 0.3) is 5.91 Å². The lowest BCUT2D eigenvalue weighted by atomic mass is 10.1. The van der Waals surface area contributed by atoms with Gasteiger partial charge in [-0.1, -0.05) is 0 Å². The Balaban J connectivity index is 1.79. The van der Waals surface area contributed by atoms with E-state index in [0.29, 0.717) is 6.54 Å². The summed E-state index contributed by atoms with van der Waals surface area (Å²) in [6.45, 7) is 3.24. The van der Waals surface area contributed by atoms with Gasteiger partial charge in [0.2, 0.25) is 0 Å². The van der Waals surface area contributed by atoms with E-state index in [1.54, 1.807) is 12.0 Å². The number of carboxylic acids is 1. The van der Waals surface area contributed by atoms with Gasteiger partial charge in [0.15, 0.2) is 0 Å². The minimum atomic E-state index is -1.22. The van der Waals surface area contributed by atoms with Crippen molar-refractivity contribution in [2.24, 2.45) is 0 Å². The zero-order valence-electron chi connectivity index (χ0n) is 14.3. The van der Waals surface area contributed by atoms with Crippen LogP contribution in [0.1, 0.15) is 40.0 Å². The lowest BCUT2D eigenvalue weighted by Gasteiger charge is -2.28. The number of likely N-dealkylation sites (tertiary alicyclic amines) is 2. The van der Waals surface area contributed by atoms with E-state index >= 15 is 0 Å². The van der Waals surface area contributed by atoms with E-state index in [2.05, 4.69) is 4.90 Å². The van der Waals surface area contributed by atoms with Crippen molar-refractivity contribution in [3.8, 4) is 0 Å². The number of aromatic carboxylic acids is 1. The van der Waals surface area contributed by atoms with Gasteiger partial charge in [0.05, 0.1) is 17.2 Å². The first kappa shape index (κ1) is 17.8. The van der Waals surface area contributed by atoms with E-state index in [9.17, 15) is 14.0 Å². The Morgan fingerprint density at radius 3 is 2.64 bits per heavy atom. The molecule has 1 N–H and O–H groups in total. The van der Waals surface area contributed by atoms with E-state index in [1.165, 1.54) is 25.0 Å². The van der Waals surface area contributed by atoms with Crippen LogP contribution in [-0.4, -0.2) is 72.2 Å². The molecule has 7 heteroatoms. The molecular formula is C18H23FN2O4. The molecular weight excluding hydrogens is 327 g/mol. The number of benzene rings is 1. The number of hydrogen-bond acceptors (Lipinski definition) is 4. The summed E-state index contributed by atoms with van der Waals surface area (Å²) in [5, 5.41) is 8.93. The van der Waals surface area contributed by atoms with Crippen molar-refractivity contribution >= 4 is 11.9 Å². The SMILES string of the molecule is CO[C@@H]1C[C@H](CN2CCCC2)N(C(=O)c2ccc(C(=O)O)cc2F)C1. The molecule has 2 aliphatic heterocycles. The maximum absolute atomic E-state index is 14.3. The molecule has 2 aliphatic rings. The number of methoxy groups -OCH3 is 1. The molecule has 6 nitrogen and oxygen atoms in total. The molecule has 0 aliphatic carbocycles. The van der Waals surface area contributed by atoms with Crippen molar-refractivity contribution in [2.45, 2.75) is 31.4 Å². The predicted octanol–water partition coefficient (Wildman–Crippen LogP) is 1.85. The van der Waals surface area contributed by atoms with Crippen LogP contribution in [0.4, 0.5) is 4.39 Å². The summed E-state index contributed by atoms with van der Waals surface area (Å²) in [6, 6.07) is 3.40.